The van der Waals surface area contributed by atoms with E-state index in [-0.39, 0.29) is 6.10 Å². The second-order valence-electron chi connectivity index (χ2n) is 5.24. The molecule has 0 unspecified atom stereocenters. The maximum absolute atomic E-state index is 10.2. The predicted molar refractivity (Wildman–Crippen MR) is 66.0 cm³/mol. The van der Waals surface area contributed by atoms with E-state index < -0.39 is 0 Å². The van der Waals surface area contributed by atoms with Gasteiger partial charge in [0.25, 0.3) is 0 Å². The summed E-state index contributed by atoms with van der Waals surface area (Å²) in [4.78, 5) is 0. The Kier molecular flexibility index (Phi) is 3.62. The Bertz CT molecular complexity index is 317. The van der Waals surface area contributed by atoms with Gasteiger partial charge in [0.15, 0.2) is 0 Å². The third-order valence-corrected chi connectivity index (χ3v) is 3.69. The monoisotopic (exact) mass is 220 g/mol. The number of benzene rings is 1. The summed E-state index contributed by atoms with van der Waals surface area (Å²) in [5.74, 6) is 0. The van der Waals surface area contributed by atoms with Crippen LogP contribution in [0.4, 0.5) is 0 Å². The molecule has 0 bridgehead atoms. The SMILES string of the molecule is C[N+]1(C[C@@H](O)c2ccccc2)CCCCC1. The minimum absolute atomic E-state index is 0.315. The van der Waals surface area contributed by atoms with Crippen molar-refractivity contribution in [1.29, 1.82) is 0 Å². The molecule has 2 heteroatoms. The molecule has 0 spiro atoms. The van der Waals surface area contributed by atoms with Gasteiger partial charge in [-0.25, -0.2) is 0 Å². The number of likely N-dealkylation sites (N-methyl/N-ethyl adjacent to an activating group) is 1. The van der Waals surface area contributed by atoms with Crippen molar-refractivity contribution in [2.45, 2.75) is 25.4 Å². The van der Waals surface area contributed by atoms with E-state index in [1.165, 1.54) is 32.4 Å². The van der Waals surface area contributed by atoms with E-state index in [2.05, 4.69) is 7.05 Å². The summed E-state index contributed by atoms with van der Waals surface area (Å²) in [5.41, 5.74) is 1.05. The van der Waals surface area contributed by atoms with Gasteiger partial charge in [0.1, 0.15) is 12.6 Å². The topological polar surface area (TPSA) is 20.2 Å². The van der Waals surface area contributed by atoms with Gasteiger partial charge in [-0.05, 0) is 24.8 Å². The van der Waals surface area contributed by atoms with Crippen molar-refractivity contribution in [3.63, 3.8) is 0 Å². The smallest absolute Gasteiger partial charge is 0.128 e. The van der Waals surface area contributed by atoms with Gasteiger partial charge >= 0.3 is 0 Å². The fourth-order valence-corrected chi connectivity index (χ4v) is 2.66. The van der Waals surface area contributed by atoms with Crippen molar-refractivity contribution in [3.8, 4) is 0 Å². The Hall–Kier alpha value is -0.860. The standard InChI is InChI=1S/C14H22NO/c1-15(10-6-3-7-11-15)12-14(16)13-8-4-2-5-9-13/h2,4-5,8-9,14,16H,3,6-7,10-12H2,1H3/q+1/t14-/m1/s1. The molecule has 88 valence electrons. The first kappa shape index (κ1) is 11.6. The van der Waals surface area contributed by atoms with Gasteiger partial charge in [-0.2, -0.15) is 0 Å². The summed E-state index contributed by atoms with van der Waals surface area (Å²) in [6, 6.07) is 10.0. The van der Waals surface area contributed by atoms with E-state index in [0.29, 0.717) is 0 Å². The normalized spacial score (nSPS) is 21.6. The Labute approximate surface area is 98.1 Å². The van der Waals surface area contributed by atoms with Crippen molar-refractivity contribution in [1.82, 2.24) is 0 Å². The molecule has 1 heterocycles. The fraction of sp³-hybridized carbons (Fsp3) is 0.571. The summed E-state index contributed by atoms with van der Waals surface area (Å²) in [6.45, 7) is 3.28. The van der Waals surface area contributed by atoms with Crippen molar-refractivity contribution >= 4 is 0 Å². The molecule has 2 nitrogen and oxygen atoms in total. The lowest BCUT2D eigenvalue weighted by atomic mass is 10.0. The molecule has 1 aliphatic heterocycles. The first-order valence-electron chi connectivity index (χ1n) is 6.26. The second kappa shape index (κ2) is 4.98. The zero-order valence-corrected chi connectivity index (χ0v) is 10.1. The maximum Gasteiger partial charge on any atom is 0.128 e. The minimum Gasteiger partial charge on any atom is -0.382 e. The Morgan fingerprint density at radius 2 is 1.75 bits per heavy atom. The minimum atomic E-state index is -0.315. The van der Waals surface area contributed by atoms with E-state index in [0.717, 1.165) is 16.6 Å². The highest BCUT2D eigenvalue weighted by molar-refractivity contribution is 5.17. The first-order valence-corrected chi connectivity index (χ1v) is 6.26. The maximum atomic E-state index is 10.2. The molecule has 1 aromatic rings. The van der Waals surface area contributed by atoms with Gasteiger partial charge in [-0.15, -0.1) is 0 Å². The average Bonchev–Trinajstić information content (AvgIpc) is 2.30. The van der Waals surface area contributed by atoms with Gasteiger partial charge in [0.05, 0.1) is 20.1 Å². The molecule has 1 saturated heterocycles. The second-order valence-corrected chi connectivity index (χ2v) is 5.24. The van der Waals surface area contributed by atoms with E-state index >= 15 is 0 Å². The number of aliphatic hydroxyl groups excluding tert-OH is 1. The van der Waals surface area contributed by atoms with Crippen LogP contribution in [0.25, 0.3) is 0 Å². The molecule has 0 radical (unpaired) electrons. The zero-order valence-electron chi connectivity index (χ0n) is 10.1. The number of rotatable bonds is 3. The van der Waals surface area contributed by atoms with E-state index in [4.69, 9.17) is 0 Å². The van der Waals surface area contributed by atoms with Crippen LogP contribution in [0.3, 0.4) is 0 Å². The van der Waals surface area contributed by atoms with E-state index in [1.807, 2.05) is 30.3 Å². The summed E-state index contributed by atoms with van der Waals surface area (Å²) in [5, 5.41) is 10.2. The number of quaternary nitrogens is 1. The average molecular weight is 220 g/mol. The third-order valence-electron chi connectivity index (χ3n) is 3.69. The van der Waals surface area contributed by atoms with Gasteiger partial charge in [-0.1, -0.05) is 30.3 Å². The van der Waals surface area contributed by atoms with Crippen LogP contribution in [0.2, 0.25) is 0 Å². The number of aliphatic hydroxyl groups is 1. The largest absolute Gasteiger partial charge is 0.382 e. The molecule has 1 aliphatic rings. The Morgan fingerprint density at radius 3 is 2.38 bits per heavy atom. The summed E-state index contributed by atoms with van der Waals surface area (Å²) >= 11 is 0. The highest BCUT2D eigenvalue weighted by atomic mass is 16.3. The molecule has 1 fully saturated rings. The molecule has 1 N–H and O–H groups in total. The van der Waals surface area contributed by atoms with Crippen LogP contribution in [0.5, 0.6) is 0 Å². The van der Waals surface area contributed by atoms with Crippen molar-refractivity contribution < 1.29 is 9.59 Å². The van der Waals surface area contributed by atoms with Crippen LogP contribution in [-0.2, 0) is 0 Å². The molecule has 0 aliphatic carbocycles. The van der Waals surface area contributed by atoms with Gasteiger partial charge < -0.3 is 9.59 Å². The lowest BCUT2D eigenvalue weighted by Gasteiger charge is -2.39. The van der Waals surface area contributed by atoms with Crippen LogP contribution < -0.4 is 0 Å². The fourth-order valence-electron chi connectivity index (χ4n) is 2.66. The molecule has 1 atom stereocenters. The van der Waals surface area contributed by atoms with Crippen molar-refractivity contribution in [2.24, 2.45) is 0 Å². The molecule has 2 rings (SSSR count). The van der Waals surface area contributed by atoms with Crippen LogP contribution in [0, 0.1) is 0 Å². The highest BCUT2D eigenvalue weighted by Gasteiger charge is 2.28. The van der Waals surface area contributed by atoms with Crippen LogP contribution in [0.1, 0.15) is 30.9 Å². The zero-order chi connectivity index (χ0) is 11.4. The lowest BCUT2D eigenvalue weighted by Crippen LogP contribution is -2.50. The molecule has 0 saturated carbocycles. The highest BCUT2D eigenvalue weighted by Crippen LogP contribution is 2.22. The first-order chi connectivity index (χ1) is 7.70. The van der Waals surface area contributed by atoms with Crippen molar-refractivity contribution in [2.75, 3.05) is 26.7 Å². The predicted octanol–water partition coefficient (Wildman–Crippen LogP) is 2.35. The summed E-state index contributed by atoms with van der Waals surface area (Å²) in [6.07, 6.45) is 3.65. The van der Waals surface area contributed by atoms with Gasteiger partial charge in [-0.3, -0.25) is 0 Å². The summed E-state index contributed by atoms with van der Waals surface area (Å²) < 4.78 is 1.02. The van der Waals surface area contributed by atoms with Crippen LogP contribution in [0.15, 0.2) is 30.3 Å². The molecular formula is C14H22NO+. The Morgan fingerprint density at radius 1 is 1.12 bits per heavy atom. The molecular weight excluding hydrogens is 198 g/mol. The number of piperidine rings is 1. The summed E-state index contributed by atoms with van der Waals surface area (Å²) in [7, 11) is 2.27. The van der Waals surface area contributed by atoms with E-state index in [9.17, 15) is 5.11 Å². The third kappa shape index (κ3) is 2.83. The Balaban J connectivity index is 1.98. The molecule has 0 aromatic heterocycles. The number of likely N-dealkylation sites (tertiary alicyclic amines) is 1. The van der Waals surface area contributed by atoms with Gasteiger partial charge in [0.2, 0.25) is 0 Å². The molecule has 16 heavy (non-hydrogen) atoms. The quantitative estimate of drug-likeness (QED) is 0.775. The number of hydrogen-bond donors (Lipinski definition) is 1. The van der Waals surface area contributed by atoms with E-state index in [1.54, 1.807) is 0 Å². The van der Waals surface area contributed by atoms with Gasteiger partial charge in [0, 0.05) is 0 Å². The van der Waals surface area contributed by atoms with Crippen LogP contribution >= 0.6 is 0 Å². The lowest BCUT2D eigenvalue weighted by molar-refractivity contribution is -0.917. The number of hydrogen-bond acceptors (Lipinski definition) is 1. The molecule has 0 amide bonds. The van der Waals surface area contributed by atoms with Crippen LogP contribution in [-0.4, -0.2) is 36.3 Å². The molecule has 1 aromatic carbocycles. The van der Waals surface area contributed by atoms with Crippen molar-refractivity contribution in [3.05, 3.63) is 35.9 Å². The number of nitrogens with zero attached hydrogens (tertiary/aromatic N) is 1.